The summed E-state index contributed by atoms with van der Waals surface area (Å²) in [6, 6.07) is 13.0. The zero-order valence-electron chi connectivity index (χ0n) is 12.0. The maximum atomic E-state index is 6.44. The number of nitrogens with zero attached hydrogens (tertiary/aromatic N) is 1. The average Bonchev–Trinajstić information content (AvgIpc) is 2.48. The topological polar surface area (TPSA) is 38.9 Å². The minimum absolute atomic E-state index is 0.0832. The van der Waals surface area contributed by atoms with E-state index in [9.17, 15) is 0 Å². The van der Waals surface area contributed by atoms with Gasteiger partial charge in [0.15, 0.2) is 0 Å². The van der Waals surface area contributed by atoms with Crippen molar-refractivity contribution in [2.24, 2.45) is 5.73 Å². The first-order valence-electron chi connectivity index (χ1n) is 7.50. The number of pyridine rings is 1. The number of fused-ring (bicyclic) bond motifs is 1. The van der Waals surface area contributed by atoms with E-state index in [1.54, 1.807) is 0 Å². The number of nitrogens with two attached hydrogens (primary N) is 1. The molecule has 0 bridgehead atoms. The van der Waals surface area contributed by atoms with Crippen LogP contribution in [-0.2, 0) is 6.42 Å². The molecule has 0 spiro atoms. The van der Waals surface area contributed by atoms with Crippen LogP contribution in [0.4, 0.5) is 0 Å². The Morgan fingerprint density at radius 1 is 1.25 bits per heavy atom. The van der Waals surface area contributed by atoms with Crippen LogP contribution < -0.4 is 5.73 Å². The van der Waals surface area contributed by atoms with E-state index >= 15 is 0 Å². The Morgan fingerprint density at radius 2 is 2.10 bits per heavy atom. The zero-order chi connectivity index (χ0) is 13.9. The zero-order valence-corrected chi connectivity index (χ0v) is 12.0. The lowest BCUT2D eigenvalue weighted by molar-refractivity contribution is 0.475. The summed E-state index contributed by atoms with van der Waals surface area (Å²) >= 11 is 0. The van der Waals surface area contributed by atoms with E-state index in [-0.39, 0.29) is 6.04 Å². The van der Waals surface area contributed by atoms with Crippen LogP contribution in [0.25, 0.3) is 0 Å². The predicted molar refractivity (Wildman–Crippen MR) is 82.6 cm³/mol. The van der Waals surface area contributed by atoms with Gasteiger partial charge in [0.2, 0.25) is 0 Å². The first kappa shape index (κ1) is 13.3. The van der Waals surface area contributed by atoms with Crippen molar-refractivity contribution in [2.75, 3.05) is 0 Å². The maximum absolute atomic E-state index is 6.44. The first-order chi connectivity index (χ1) is 9.75. The number of aryl methyl sites for hydroxylation is 2. The first-order valence-corrected chi connectivity index (χ1v) is 7.50. The molecule has 2 N–H and O–H groups in total. The summed E-state index contributed by atoms with van der Waals surface area (Å²) in [6.07, 6.45) is 6.60. The number of hydrogen-bond acceptors (Lipinski definition) is 2. The smallest absolute Gasteiger partial charge is 0.0420 e. The molecule has 20 heavy (non-hydrogen) atoms. The molecular formula is C18H22N2. The van der Waals surface area contributed by atoms with Crippen LogP contribution in [0.3, 0.4) is 0 Å². The van der Waals surface area contributed by atoms with Crippen LogP contribution in [0, 0.1) is 6.92 Å². The lowest BCUT2D eigenvalue weighted by Crippen LogP contribution is -2.19. The van der Waals surface area contributed by atoms with Crippen molar-refractivity contribution in [3.8, 4) is 0 Å². The Bertz CT molecular complexity index is 591. The van der Waals surface area contributed by atoms with Gasteiger partial charge in [0.1, 0.15) is 0 Å². The summed E-state index contributed by atoms with van der Waals surface area (Å²) in [6.45, 7) is 2.05. The fourth-order valence-corrected chi connectivity index (χ4v) is 3.42. The van der Waals surface area contributed by atoms with E-state index in [1.165, 1.54) is 36.0 Å². The van der Waals surface area contributed by atoms with Crippen LogP contribution in [0.2, 0.25) is 0 Å². The molecule has 0 saturated carbocycles. The maximum Gasteiger partial charge on any atom is 0.0420 e. The molecule has 0 amide bonds. The standard InChI is InChI=1S/C18H22N2/c1-13-16(10-5-11-20-13)18(19)12-15-8-4-7-14-6-2-3-9-17(14)15/h2-3,5-6,9-11,15,18H,4,7-8,12,19H2,1H3. The lowest BCUT2D eigenvalue weighted by atomic mass is 9.79. The molecule has 1 aromatic heterocycles. The van der Waals surface area contributed by atoms with Crippen molar-refractivity contribution >= 4 is 0 Å². The highest BCUT2D eigenvalue weighted by Gasteiger charge is 2.23. The second-order valence-electron chi connectivity index (χ2n) is 5.81. The second-order valence-corrected chi connectivity index (χ2v) is 5.81. The Kier molecular flexibility index (Phi) is 3.83. The molecule has 0 aliphatic heterocycles. The lowest BCUT2D eigenvalue weighted by Gasteiger charge is -2.28. The van der Waals surface area contributed by atoms with Crippen molar-refractivity contribution < 1.29 is 0 Å². The van der Waals surface area contributed by atoms with Gasteiger partial charge in [-0.15, -0.1) is 0 Å². The van der Waals surface area contributed by atoms with Gasteiger partial charge in [-0.3, -0.25) is 4.98 Å². The molecule has 0 fully saturated rings. The number of rotatable bonds is 3. The molecule has 104 valence electrons. The molecule has 2 nitrogen and oxygen atoms in total. The highest BCUT2D eigenvalue weighted by atomic mass is 14.7. The molecule has 3 rings (SSSR count). The van der Waals surface area contributed by atoms with Crippen molar-refractivity contribution in [1.29, 1.82) is 0 Å². The second kappa shape index (κ2) is 5.76. The summed E-state index contributed by atoms with van der Waals surface area (Å²) in [4.78, 5) is 4.36. The number of aromatic nitrogens is 1. The Balaban J connectivity index is 1.81. The summed E-state index contributed by atoms with van der Waals surface area (Å²) in [5.41, 5.74) is 11.7. The normalized spacial score (nSPS) is 19.4. The summed E-state index contributed by atoms with van der Waals surface area (Å²) < 4.78 is 0. The van der Waals surface area contributed by atoms with Gasteiger partial charge in [0.05, 0.1) is 0 Å². The third-order valence-electron chi connectivity index (χ3n) is 4.48. The number of benzene rings is 1. The van der Waals surface area contributed by atoms with Gasteiger partial charge >= 0.3 is 0 Å². The SMILES string of the molecule is Cc1ncccc1C(N)CC1CCCc2ccccc21. The third kappa shape index (κ3) is 2.61. The highest BCUT2D eigenvalue weighted by Crippen LogP contribution is 2.37. The molecule has 2 heteroatoms. The van der Waals surface area contributed by atoms with Crippen LogP contribution in [-0.4, -0.2) is 4.98 Å². The van der Waals surface area contributed by atoms with Gasteiger partial charge in [-0.1, -0.05) is 30.3 Å². The molecule has 1 aromatic carbocycles. The van der Waals surface area contributed by atoms with Gasteiger partial charge in [0, 0.05) is 17.9 Å². The van der Waals surface area contributed by atoms with E-state index in [0.717, 1.165) is 12.1 Å². The molecular weight excluding hydrogens is 244 g/mol. The Labute approximate surface area is 121 Å². The minimum atomic E-state index is 0.0832. The summed E-state index contributed by atoms with van der Waals surface area (Å²) in [5, 5.41) is 0. The third-order valence-corrected chi connectivity index (χ3v) is 4.48. The van der Waals surface area contributed by atoms with E-state index in [0.29, 0.717) is 5.92 Å². The monoisotopic (exact) mass is 266 g/mol. The molecule has 2 aromatic rings. The van der Waals surface area contributed by atoms with Gasteiger partial charge in [-0.05, 0) is 61.3 Å². The molecule has 0 saturated heterocycles. The summed E-state index contributed by atoms with van der Waals surface area (Å²) in [5.74, 6) is 0.592. The van der Waals surface area contributed by atoms with Crippen molar-refractivity contribution in [3.63, 3.8) is 0 Å². The van der Waals surface area contributed by atoms with Crippen LogP contribution in [0.5, 0.6) is 0 Å². The fraction of sp³-hybridized carbons (Fsp3) is 0.389. The van der Waals surface area contributed by atoms with Crippen LogP contribution >= 0.6 is 0 Å². The van der Waals surface area contributed by atoms with Gasteiger partial charge < -0.3 is 5.73 Å². The van der Waals surface area contributed by atoms with Crippen molar-refractivity contribution in [2.45, 2.75) is 44.6 Å². The van der Waals surface area contributed by atoms with E-state index < -0.39 is 0 Å². The molecule has 1 aliphatic carbocycles. The predicted octanol–water partition coefficient (Wildman–Crippen LogP) is 3.90. The molecule has 1 heterocycles. The van der Waals surface area contributed by atoms with Crippen LogP contribution in [0.1, 0.15) is 53.6 Å². The minimum Gasteiger partial charge on any atom is -0.324 e. The Hall–Kier alpha value is -1.67. The summed E-state index contributed by atoms with van der Waals surface area (Å²) in [7, 11) is 0. The van der Waals surface area contributed by atoms with E-state index in [4.69, 9.17) is 5.73 Å². The van der Waals surface area contributed by atoms with Crippen LogP contribution in [0.15, 0.2) is 42.6 Å². The average molecular weight is 266 g/mol. The van der Waals surface area contributed by atoms with Gasteiger partial charge in [-0.25, -0.2) is 0 Å². The molecule has 1 aliphatic rings. The Morgan fingerprint density at radius 3 is 2.95 bits per heavy atom. The molecule has 0 radical (unpaired) electrons. The largest absolute Gasteiger partial charge is 0.324 e. The number of hydrogen-bond donors (Lipinski definition) is 1. The molecule has 2 unspecified atom stereocenters. The van der Waals surface area contributed by atoms with Crippen molar-refractivity contribution in [3.05, 3.63) is 65.0 Å². The fourth-order valence-electron chi connectivity index (χ4n) is 3.42. The molecule has 2 atom stereocenters. The van der Waals surface area contributed by atoms with Crippen molar-refractivity contribution in [1.82, 2.24) is 4.98 Å². The van der Waals surface area contributed by atoms with E-state index in [1.807, 2.05) is 19.2 Å². The van der Waals surface area contributed by atoms with E-state index in [2.05, 4.69) is 35.3 Å². The van der Waals surface area contributed by atoms with Gasteiger partial charge in [-0.2, -0.15) is 0 Å². The van der Waals surface area contributed by atoms with Gasteiger partial charge in [0.25, 0.3) is 0 Å². The highest BCUT2D eigenvalue weighted by molar-refractivity contribution is 5.33. The quantitative estimate of drug-likeness (QED) is 0.915.